The van der Waals surface area contributed by atoms with Gasteiger partial charge in [0.25, 0.3) is 0 Å². The van der Waals surface area contributed by atoms with Gasteiger partial charge in [-0.15, -0.1) is 0 Å². The van der Waals surface area contributed by atoms with Crippen LogP contribution < -0.4 is 0 Å². The van der Waals surface area contributed by atoms with Gasteiger partial charge in [0, 0.05) is 0 Å². The smallest absolute Gasteiger partial charge is 0.466 e. The molecule has 0 aromatic rings. The summed E-state index contributed by atoms with van der Waals surface area (Å²) >= 11 is 0. The number of rotatable bonds is 10. The molecule has 5 heteroatoms. The molecule has 0 bridgehead atoms. The summed E-state index contributed by atoms with van der Waals surface area (Å²) < 4.78 is 15.2. The maximum absolute atomic E-state index is 12.1. The fourth-order valence-electron chi connectivity index (χ4n) is 2.03. The molecule has 0 saturated heterocycles. The van der Waals surface area contributed by atoms with Gasteiger partial charge in [-0.3, -0.25) is 4.79 Å². The summed E-state index contributed by atoms with van der Waals surface area (Å²) in [6.45, 7) is 8.13. The maximum atomic E-state index is 12.1. The number of hydrogen-bond acceptors (Lipinski definition) is 5. The molecule has 0 radical (unpaired) electrons. The van der Waals surface area contributed by atoms with Crippen molar-refractivity contribution in [2.24, 2.45) is 5.92 Å². The summed E-state index contributed by atoms with van der Waals surface area (Å²) in [7, 11) is 0. The van der Waals surface area contributed by atoms with E-state index >= 15 is 0 Å². The number of hydrogen-bond donors (Lipinski definition) is 0. The fourth-order valence-corrected chi connectivity index (χ4v) is 2.03. The van der Waals surface area contributed by atoms with E-state index in [2.05, 4.69) is 6.92 Å². The fraction of sp³-hybridized carbons (Fsp3) is 0.867. The molecule has 0 heterocycles. The Morgan fingerprint density at radius 2 is 1.55 bits per heavy atom. The van der Waals surface area contributed by atoms with Gasteiger partial charge in [-0.25, -0.2) is 4.79 Å². The molecule has 0 aliphatic rings. The molecule has 2 atom stereocenters. The lowest BCUT2D eigenvalue weighted by molar-refractivity contribution is -0.153. The first-order valence-electron chi connectivity index (χ1n) is 7.60. The Bertz CT molecular complexity index is 277. The lowest BCUT2D eigenvalue weighted by Gasteiger charge is -2.25. The van der Waals surface area contributed by atoms with Crippen LogP contribution in [0.25, 0.3) is 0 Å². The van der Waals surface area contributed by atoms with Gasteiger partial charge in [-0.05, 0) is 26.7 Å². The van der Waals surface area contributed by atoms with E-state index in [1.807, 2.05) is 6.92 Å². The van der Waals surface area contributed by atoms with Crippen molar-refractivity contribution >= 4 is 12.1 Å². The van der Waals surface area contributed by atoms with Crippen molar-refractivity contribution in [3.63, 3.8) is 0 Å². The number of esters is 1. The van der Waals surface area contributed by atoms with Crippen LogP contribution in [0.2, 0.25) is 0 Å². The zero-order valence-corrected chi connectivity index (χ0v) is 13.1. The van der Waals surface area contributed by atoms with Gasteiger partial charge in [0.15, 0.2) is 0 Å². The molecular formula is C15H28O5. The Labute approximate surface area is 122 Å². The van der Waals surface area contributed by atoms with Gasteiger partial charge in [-0.1, -0.05) is 33.1 Å². The Kier molecular flexibility index (Phi) is 10.8. The first-order chi connectivity index (χ1) is 9.60. The van der Waals surface area contributed by atoms with Gasteiger partial charge in [-0.2, -0.15) is 0 Å². The van der Waals surface area contributed by atoms with Crippen LogP contribution in [0, 0.1) is 5.92 Å². The number of carbonyl (C=O) groups excluding carboxylic acids is 2. The standard InChI is InChI=1S/C15H28O5/c1-5-9-11-12(14(16)18-7-3)13(10-6-2)20-15(17)19-8-4/h12-13H,5-11H2,1-4H3. The molecule has 20 heavy (non-hydrogen) atoms. The van der Waals surface area contributed by atoms with Gasteiger partial charge < -0.3 is 14.2 Å². The molecule has 2 unspecified atom stereocenters. The molecule has 0 aromatic carbocycles. The molecule has 0 spiro atoms. The molecule has 0 N–H and O–H groups in total. The number of ether oxygens (including phenoxy) is 3. The third-order valence-electron chi connectivity index (χ3n) is 2.99. The van der Waals surface area contributed by atoms with Gasteiger partial charge in [0.05, 0.1) is 19.1 Å². The van der Waals surface area contributed by atoms with Crippen molar-refractivity contribution in [2.75, 3.05) is 13.2 Å². The van der Waals surface area contributed by atoms with Crippen molar-refractivity contribution in [1.29, 1.82) is 0 Å². The Hall–Kier alpha value is -1.26. The van der Waals surface area contributed by atoms with Crippen LogP contribution in [-0.4, -0.2) is 31.4 Å². The van der Waals surface area contributed by atoms with Crippen LogP contribution in [0.4, 0.5) is 4.79 Å². The maximum Gasteiger partial charge on any atom is 0.508 e. The molecule has 5 nitrogen and oxygen atoms in total. The minimum atomic E-state index is -0.711. The third kappa shape index (κ3) is 7.36. The summed E-state index contributed by atoms with van der Waals surface area (Å²) in [6, 6.07) is 0. The molecule has 0 rings (SSSR count). The second kappa shape index (κ2) is 11.6. The van der Waals surface area contributed by atoms with Crippen LogP contribution in [0.15, 0.2) is 0 Å². The Balaban J connectivity index is 4.79. The van der Waals surface area contributed by atoms with Crippen LogP contribution in [0.5, 0.6) is 0 Å². The second-order valence-electron chi connectivity index (χ2n) is 4.63. The summed E-state index contributed by atoms with van der Waals surface area (Å²) in [5, 5.41) is 0. The van der Waals surface area contributed by atoms with E-state index in [0.717, 1.165) is 19.3 Å². The molecule has 0 saturated carbocycles. The summed E-state index contributed by atoms with van der Waals surface area (Å²) in [5.74, 6) is -0.692. The van der Waals surface area contributed by atoms with Crippen LogP contribution in [0.3, 0.4) is 0 Å². The van der Waals surface area contributed by atoms with Crippen molar-refractivity contribution in [2.45, 2.75) is 65.9 Å². The molecule has 0 fully saturated rings. The normalized spacial score (nSPS) is 13.4. The average molecular weight is 288 g/mol. The van der Waals surface area contributed by atoms with Crippen LogP contribution in [0.1, 0.15) is 59.8 Å². The zero-order chi connectivity index (χ0) is 15.4. The first-order valence-corrected chi connectivity index (χ1v) is 7.60. The average Bonchev–Trinajstić information content (AvgIpc) is 2.39. The lowest BCUT2D eigenvalue weighted by atomic mass is 9.93. The highest BCUT2D eigenvalue weighted by Gasteiger charge is 2.31. The van der Waals surface area contributed by atoms with Gasteiger partial charge in [0.1, 0.15) is 6.10 Å². The SMILES string of the molecule is CCCCC(C(=O)OCC)C(CCC)OC(=O)OCC. The highest BCUT2D eigenvalue weighted by Crippen LogP contribution is 2.22. The van der Waals surface area contributed by atoms with Gasteiger partial charge >= 0.3 is 12.1 Å². The summed E-state index contributed by atoms with van der Waals surface area (Å²) in [6.07, 6.45) is 2.82. The quantitative estimate of drug-likeness (QED) is 0.574. The second-order valence-corrected chi connectivity index (χ2v) is 4.63. The summed E-state index contributed by atoms with van der Waals surface area (Å²) in [5.41, 5.74) is 0. The van der Waals surface area contributed by atoms with Crippen molar-refractivity contribution in [3.8, 4) is 0 Å². The van der Waals surface area contributed by atoms with Crippen molar-refractivity contribution < 1.29 is 23.8 Å². The first kappa shape index (κ1) is 18.7. The van der Waals surface area contributed by atoms with E-state index in [9.17, 15) is 9.59 Å². The molecular weight excluding hydrogens is 260 g/mol. The van der Waals surface area contributed by atoms with Crippen LogP contribution in [-0.2, 0) is 19.0 Å². The summed E-state index contributed by atoms with van der Waals surface area (Å²) in [4.78, 5) is 23.5. The molecule has 0 amide bonds. The zero-order valence-electron chi connectivity index (χ0n) is 13.1. The Morgan fingerprint density at radius 1 is 0.900 bits per heavy atom. The van der Waals surface area contributed by atoms with Crippen molar-refractivity contribution in [3.05, 3.63) is 0 Å². The third-order valence-corrected chi connectivity index (χ3v) is 2.99. The lowest BCUT2D eigenvalue weighted by Crippen LogP contribution is -2.34. The minimum Gasteiger partial charge on any atom is -0.466 e. The number of carbonyl (C=O) groups is 2. The van der Waals surface area contributed by atoms with Crippen molar-refractivity contribution in [1.82, 2.24) is 0 Å². The predicted octanol–water partition coefficient (Wildman–Crippen LogP) is 3.70. The predicted molar refractivity (Wildman–Crippen MR) is 76.5 cm³/mol. The number of unbranched alkanes of at least 4 members (excludes halogenated alkanes) is 1. The minimum absolute atomic E-state index is 0.261. The van der Waals surface area contributed by atoms with E-state index in [-0.39, 0.29) is 12.6 Å². The highest BCUT2D eigenvalue weighted by molar-refractivity contribution is 5.73. The monoisotopic (exact) mass is 288 g/mol. The van der Waals surface area contributed by atoms with Gasteiger partial charge in [0.2, 0.25) is 0 Å². The van der Waals surface area contributed by atoms with E-state index < -0.39 is 18.2 Å². The van der Waals surface area contributed by atoms with E-state index in [4.69, 9.17) is 14.2 Å². The van der Waals surface area contributed by atoms with E-state index in [0.29, 0.717) is 19.4 Å². The molecule has 118 valence electrons. The molecule has 0 aromatic heterocycles. The van der Waals surface area contributed by atoms with Crippen LogP contribution >= 0.6 is 0 Å². The Morgan fingerprint density at radius 3 is 2.05 bits per heavy atom. The highest BCUT2D eigenvalue weighted by atomic mass is 16.7. The van der Waals surface area contributed by atoms with E-state index in [1.54, 1.807) is 13.8 Å². The topological polar surface area (TPSA) is 61.8 Å². The largest absolute Gasteiger partial charge is 0.508 e. The molecule has 0 aliphatic carbocycles. The van der Waals surface area contributed by atoms with E-state index in [1.165, 1.54) is 0 Å². The molecule has 0 aliphatic heterocycles.